The molecular weight excluding hydrogens is 286 g/mol. The van der Waals surface area contributed by atoms with Crippen LogP contribution in [0.3, 0.4) is 0 Å². The molecule has 1 saturated heterocycles. The van der Waals surface area contributed by atoms with Crippen LogP contribution in [0.25, 0.3) is 5.65 Å². The second-order valence-electron chi connectivity index (χ2n) is 5.47. The Morgan fingerprint density at radius 1 is 1.43 bits per heavy atom. The van der Waals surface area contributed by atoms with E-state index in [2.05, 4.69) is 4.98 Å². The zero-order chi connectivity index (χ0) is 15.0. The molecule has 1 fully saturated rings. The van der Waals surface area contributed by atoms with E-state index < -0.39 is 10.8 Å². The molecule has 0 bridgehead atoms. The van der Waals surface area contributed by atoms with Gasteiger partial charge >= 0.3 is 0 Å². The quantitative estimate of drug-likeness (QED) is 0.848. The molecule has 0 aliphatic carbocycles. The Bertz CT molecular complexity index is 664. The molecule has 0 spiro atoms. The number of hydrogen-bond donors (Lipinski definition) is 0. The van der Waals surface area contributed by atoms with Gasteiger partial charge in [0.1, 0.15) is 11.3 Å². The van der Waals surface area contributed by atoms with Crippen LogP contribution in [-0.4, -0.2) is 48.0 Å². The summed E-state index contributed by atoms with van der Waals surface area (Å²) in [6.07, 6.45) is 4.46. The van der Waals surface area contributed by atoms with Gasteiger partial charge in [-0.15, -0.1) is 0 Å². The summed E-state index contributed by atoms with van der Waals surface area (Å²) in [5.74, 6) is -0.0688. The van der Waals surface area contributed by atoms with Gasteiger partial charge in [-0.05, 0) is 25.5 Å². The van der Waals surface area contributed by atoms with E-state index in [1.54, 1.807) is 11.1 Å². The zero-order valence-corrected chi connectivity index (χ0v) is 13.0. The van der Waals surface area contributed by atoms with E-state index >= 15 is 0 Å². The van der Waals surface area contributed by atoms with Crippen molar-refractivity contribution in [1.29, 1.82) is 0 Å². The summed E-state index contributed by atoms with van der Waals surface area (Å²) in [6, 6.07) is 5.68. The van der Waals surface area contributed by atoms with Gasteiger partial charge in [0, 0.05) is 41.5 Å². The number of amides is 1. The highest BCUT2D eigenvalue weighted by molar-refractivity contribution is 7.86. The molecule has 5 nitrogen and oxygen atoms in total. The molecule has 1 aliphatic heterocycles. The van der Waals surface area contributed by atoms with Crippen LogP contribution in [0, 0.1) is 0 Å². The van der Waals surface area contributed by atoms with Gasteiger partial charge in [-0.3, -0.25) is 9.00 Å². The fourth-order valence-electron chi connectivity index (χ4n) is 2.77. The van der Waals surface area contributed by atoms with E-state index in [0.717, 1.165) is 12.1 Å². The fraction of sp³-hybridized carbons (Fsp3) is 0.467. The van der Waals surface area contributed by atoms with Crippen molar-refractivity contribution in [1.82, 2.24) is 14.3 Å². The molecule has 6 heteroatoms. The normalized spacial score (nSPS) is 26.2. The fourth-order valence-corrected chi connectivity index (χ4v) is 4.40. The minimum absolute atomic E-state index is 0.0182. The number of nitrogens with zero attached hydrogens (tertiary/aromatic N) is 3. The summed E-state index contributed by atoms with van der Waals surface area (Å²) in [5.41, 5.74) is 1.22. The van der Waals surface area contributed by atoms with Gasteiger partial charge in [-0.25, -0.2) is 4.98 Å². The van der Waals surface area contributed by atoms with Gasteiger partial charge in [-0.1, -0.05) is 13.0 Å². The highest BCUT2D eigenvalue weighted by Gasteiger charge is 2.33. The smallest absolute Gasteiger partial charge is 0.274 e. The molecule has 1 aliphatic rings. The Morgan fingerprint density at radius 2 is 2.24 bits per heavy atom. The minimum Gasteiger partial charge on any atom is -0.335 e. The van der Waals surface area contributed by atoms with Crippen LogP contribution < -0.4 is 0 Å². The number of carbonyl (C=O) groups is 1. The maximum Gasteiger partial charge on any atom is 0.274 e. The van der Waals surface area contributed by atoms with Crippen molar-refractivity contribution in [3.63, 3.8) is 0 Å². The molecule has 3 rings (SSSR count). The number of fused-ring (bicyclic) bond motifs is 1. The van der Waals surface area contributed by atoms with E-state index in [9.17, 15) is 9.00 Å². The summed E-state index contributed by atoms with van der Waals surface area (Å²) in [4.78, 5) is 18.8. The average molecular weight is 305 g/mol. The van der Waals surface area contributed by atoms with Crippen LogP contribution in [0.5, 0.6) is 0 Å². The summed E-state index contributed by atoms with van der Waals surface area (Å²) >= 11 is 0. The molecule has 0 N–H and O–H groups in total. The molecule has 2 aromatic rings. The highest BCUT2D eigenvalue weighted by atomic mass is 32.2. The van der Waals surface area contributed by atoms with Gasteiger partial charge < -0.3 is 9.30 Å². The maximum absolute atomic E-state index is 12.6. The second-order valence-corrected chi connectivity index (χ2v) is 7.60. The van der Waals surface area contributed by atoms with Crippen molar-refractivity contribution in [2.24, 2.45) is 0 Å². The third kappa shape index (κ3) is 2.60. The number of aromatic nitrogens is 2. The van der Waals surface area contributed by atoms with E-state index in [0.29, 0.717) is 18.8 Å². The van der Waals surface area contributed by atoms with Crippen molar-refractivity contribution < 1.29 is 9.00 Å². The van der Waals surface area contributed by atoms with Crippen LogP contribution in [0.2, 0.25) is 0 Å². The van der Waals surface area contributed by atoms with Crippen molar-refractivity contribution in [2.45, 2.75) is 30.8 Å². The summed E-state index contributed by atoms with van der Waals surface area (Å²) in [6.45, 7) is 5.06. The van der Waals surface area contributed by atoms with Crippen LogP contribution >= 0.6 is 0 Å². The Hall–Kier alpha value is -1.69. The largest absolute Gasteiger partial charge is 0.335 e. The van der Waals surface area contributed by atoms with Crippen LogP contribution in [0.15, 0.2) is 30.6 Å². The lowest BCUT2D eigenvalue weighted by atomic mass is 10.2. The molecule has 3 unspecified atom stereocenters. The molecule has 0 aromatic carbocycles. The van der Waals surface area contributed by atoms with E-state index in [1.807, 2.05) is 42.6 Å². The molecule has 2 aromatic heterocycles. The lowest BCUT2D eigenvalue weighted by Crippen LogP contribution is -2.50. The van der Waals surface area contributed by atoms with Crippen LogP contribution in [-0.2, 0) is 10.8 Å². The topological polar surface area (TPSA) is 54.7 Å². The number of hydrogen-bond acceptors (Lipinski definition) is 3. The second kappa shape index (κ2) is 5.60. The SMILES string of the molecule is CCC1CN(C(=O)c2cn3ccccc3n2)CC(C)S1=O. The van der Waals surface area contributed by atoms with Gasteiger partial charge in [0.2, 0.25) is 0 Å². The van der Waals surface area contributed by atoms with E-state index in [1.165, 1.54) is 0 Å². The molecule has 3 heterocycles. The number of imidazole rings is 1. The van der Waals surface area contributed by atoms with Gasteiger partial charge in [-0.2, -0.15) is 0 Å². The monoisotopic (exact) mass is 305 g/mol. The highest BCUT2D eigenvalue weighted by Crippen LogP contribution is 2.19. The van der Waals surface area contributed by atoms with Crippen LogP contribution in [0.4, 0.5) is 0 Å². The molecule has 0 radical (unpaired) electrons. The zero-order valence-electron chi connectivity index (χ0n) is 12.2. The van der Waals surface area contributed by atoms with E-state index in [4.69, 9.17) is 0 Å². The lowest BCUT2D eigenvalue weighted by Gasteiger charge is -2.35. The van der Waals surface area contributed by atoms with Crippen molar-refractivity contribution in [3.8, 4) is 0 Å². The van der Waals surface area contributed by atoms with Gasteiger partial charge in [0.15, 0.2) is 0 Å². The third-order valence-electron chi connectivity index (χ3n) is 3.95. The van der Waals surface area contributed by atoms with Gasteiger partial charge in [0.05, 0.1) is 5.25 Å². The Balaban J connectivity index is 1.86. The first-order valence-electron chi connectivity index (χ1n) is 7.22. The number of rotatable bonds is 2. The standard InChI is InChI=1S/C15H19N3O2S/c1-3-12-9-18(8-11(2)21(12)20)15(19)13-10-17-7-5-4-6-14(17)16-13/h4-7,10-12H,3,8-9H2,1-2H3. The number of carbonyl (C=O) groups excluding carboxylic acids is 1. The van der Waals surface area contributed by atoms with Crippen molar-refractivity contribution >= 4 is 22.4 Å². The van der Waals surface area contributed by atoms with Crippen molar-refractivity contribution in [2.75, 3.05) is 13.1 Å². The first-order chi connectivity index (χ1) is 10.1. The molecule has 3 atom stereocenters. The van der Waals surface area contributed by atoms with E-state index in [-0.39, 0.29) is 16.4 Å². The van der Waals surface area contributed by atoms with Crippen molar-refractivity contribution in [3.05, 3.63) is 36.3 Å². The first-order valence-corrected chi connectivity index (χ1v) is 8.50. The Kier molecular flexibility index (Phi) is 3.80. The average Bonchev–Trinajstić information content (AvgIpc) is 2.93. The predicted molar refractivity (Wildman–Crippen MR) is 82.8 cm³/mol. The summed E-state index contributed by atoms with van der Waals surface area (Å²) in [5, 5.41) is 0.0828. The predicted octanol–water partition coefficient (Wildman–Crippen LogP) is 1.71. The van der Waals surface area contributed by atoms with Crippen LogP contribution in [0.1, 0.15) is 30.8 Å². The summed E-state index contributed by atoms with van der Waals surface area (Å²) < 4.78 is 14.0. The molecule has 112 valence electrons. The Labute approximate surface area is 126 Å². The lowest BCUT2D eigenvalue weighted by molar-refractivity contribution is 0.0743. The third-order valence-corrected chi connectivity index (χ3v) is 6.03. The minimum atomic E-state index is -0.851. The molecular formula is C15H19N3O2S. The molecule has 0 saturated carbocycles. The number of pyridine rings is 1. The maximum atomic E-state index is 12.6. The summed E-state index contributed by atoms with van der Waals surface area (Å²) in [7, 11) is -0.851. The molecule has 1 amide bonds. The molecule has 21 heavy (non-hydrogen) atoms. The first kappa shape index (κ1) is 14.3. The van der Waals surface area contributed by atoms with Gasteiger partial charge in [0.25, 0.3) is 5.91 Å². The Morgan fingerprint density at radius 3 is 2.95 bits per heavy atom.